The smallest absolute Gasteiger partial charge is 0.363 e. The molecule has 3 rings (SSSR count). The first-order valence-electron chi connectivity index (χ1n) is 8.12. The van der Waals surface area contributed by atoms with Crippen molar-refractivity contribution in [2.75, 3.05) is 6.61 Å². The monoisotopic (exact) mass is 351 g/mol. The van der Waals surface area contributed by atoms with Crippen LogP contribution in [0.15, 0.2) is 59.2 Å². The molecule has 2 aromatic carbocycles. The molecule has 0 saturated carbocycles. The van der Waals surface area contributed by atoms with Crippen molar-refractivity contribution < 1.29 is 24.2 Å². The third-order valence-electron chi connectivity index (χ3n) is 3.68. The van der Waals surface area contributed by atoms with Crippen molar-refractivity contribution in [2.45, 2.75) is 13.3 Å². The number of esters is 1. The molecule has 26 heavy (non-hydrogen) atoms. The van der Waals surface area contributed by atoms with E-state index in [2.05, 4.69) is 4.99 Å². The number of ether oxygens (including phenoxy) is 2. The lowest BCUT2D eigenvalue weighted by atomic mass is 10.1. The van der Waals surface area contributed by atoms with E-state index in [0.717, 1.165) is 5.56 Å². The fraction of sp³-hybridized carbons (Fsp3) is 0.150. The average molecular weight is 351 g/mol. The number of carbonyl (C=O) groups is 2. The molecule has 6 heteroatoms. The molecule has 0 radical (unpaired) electrons. The van der Waals surface area contributed by atoms with Crippen LogP contribution in [0.3, 0.4) is 0 Å². The summed E-state index contributed by atoms with van der Waals surface area (Å²) in [6.45, 7) is 2.23. The highest BCUT2D eigenvalue weighted by atomic mass is 16.6. The summed E-state index contributed by atoms with van der Waals surface area (Å²) in [7, 11) is 0. The number of rotatable bonds is 6. The number of cyclic esters (lactones) is 1. The molecule has 132 valence electrons. The van der Waals surface area contributed by atoms with Crippen molar-refractivity contribution in [1.82, 2.24) is 0 Å². The lowest BCUT2D eigenvalue weighted by Crippen LogP contribution is -2.05. The average Bonchev–Trinajstić information content (AvgIpc) is 2.98. The van der Waals surface area contributed by atoms with E-state index >= 15 is 0 Å². The second kappa shape index (κ2) is 7.65. The van der Waals surface area contributed by atoms with Gasteiger partial charge in [-0.05, 0) is 36.8 Å². The molecular weight excluding hydrogens is 334 g/mol. The van der Waals surface area contributed by atoms with Crippen LogP contribution in [0.1, 0.15) is 23.6 Å². The Morgan fingerprint density at radius 3 is 2.69 bits per heavy atom. The molecule has 0 aromatic heterocycles. The molecule has 0 amide bonds. The summed E-state index contributed by atoms with van der Waals surface area (Å²) in [5.41, 5.74) is 2.14. The summed E-state index contributed by atoms with van der Waals surface area (Å²) in [5.74, 6) is -0.734. The Kier molecular flexibility index (Phi) is 5.12. The maximum Gasteiger partial charge on any atom is 0.363 e. The fourth-order valence-electron chi connectivity index (χ4n) is 2.53. The Bertz CT molecular complexity index is 900. The third kappa shape index (κ3) is 3.97. The largest absolute Gasteiger partial charge is 0.494 e. The van der Waals surface area contributed by atoms with Crippen LogP contribution in [-0.2, 0) is 20.7 Å². The number of aliphatic carboxylic acids is 1. The van der Waals surface area contributed by atoms with E-state index in [0.29, 0.717) is 23.5 Å². The molecule has 0 aliphatic carbocycles. The van der Waals surface area contributed by atoms with E-state index in [-0.39, 0.29) is 18.0 Å². The van der Waals surface area contributed by atoms with Crippen LogP contribution < -0.4 is 4.74 Å². The predicted molar refractivity (Wildman–Crippen MR) is 96.0 cm³/mol. The summed E-state index contributed by atoms with van der Waals surface area (Å²) in [4.78, 5) is 27.3. The van der Waals surface area contributed by atoms with E-state index in [9.17, 15) is 9.59 Å². The minimum absolute atomic E-state index is 0.134. The molecule has 0 atom stereocenters. The molecule has 6 nitrogen and oxygen atoms in total. The van der Waals surface area contributed by atoms with E-state index in [1.54, 1.807) is 24.3 Å². The number of nitrogens with zero attached hydrogens (tertiary/aromatic N) is 1. The van der Waals surface area contributed by atoms with Gasteiger partial charge in [0.05, 0.1) is 13.0 Å². The van der Waals surface area contributed by atoms with Gasteiger partial charge in [0.25, 0.3) is 0 Å². The van der Waals surface area contributed by atoms with E-state index < -0.39 is 11.9 Å². The first-order chi connectivity index (χ1) is 12.6. The predicted octanol–water partition coefficient (Wildman–Crippen LogP) is 3.06. The molecule has 0 fully saturated rings. The fourth-order valence-corrected chi connectivity index (χ4v) is 2.53. The van der Waals surface area contributed by atoms with Crippen molar-refractivity contribution in [3.63, 3.8) is 0 Å². The molecule has 1 aliphatic heterocycles. The molecule has 1 aliphatic rings. The number of aliphatic imine (C=N–C) groups is 1. The van der Waals surface area contributed by atoms with Crippen LogP contribution in [0, 0.1) is 0 Å². The zero-order valence-electron chi connectivity index (χ0n) is 14.1. The lowest BCUT2D eigenvalue weighted by molar-refractivity contribution is -0.136. The quantitative estimate of drug-likeness (QED) is 0.639. The van der Waals surface area contributed by atoms with Crippen LogP contribution >= 0.6 is 0 Å². The highest BCUT2D eigenvalue weighted by Gasteiger charge is 2.24. The molecule has 0 spiro atoms. The van der Waals surface area contributed by atoms with Gasteiger partial charge >= 0.3 is 11.9 Å². The minimum atomic E-state index is -0.937. The molecule has 0 bridgehead atoms. The van der Waals surface area contributed by atoms with E-state index in [1.807, 2.05) is 37.3 Å². The highest BCUT2D eigenvalue weighted by Crippen LogP contribution is 2.25. The summed E-state index contributed by atoms with van der Waals surface area (Å²) in [6.07, 6.45) is 1.45. The number of carboxylic acids is 1. The molecular formula is C20H17NO5. The summed E-state index contributed by atoms with van der Waals surface area (Å²) in [6, 6.07) is 14.2. The van der Waals surface area contributed by atoms with Crippen LogP contribution in [0.5, 0.6) is 5.75 Å². The van der Waals surface area contributed by atoms with Crippen molar-refractivity contribution in [3.05, 3.63) is 70.9 Å². The Morgan fingerprint density at radius 1 is 1.23 bits per heavy atom. The maximum atomic E-state index is 12.1. The number of benzene rings is 2. The van der Waals surface area contributed by atoms with Gasteiger partial charge < -0.3 is 14.6 Å². The van der Waals surface area contributed by atoms with Gasteiger partial charge in [-0.25, -0.2) is 9.79 Å². The topological polar surface area (TPSA) is 85.2 Å². The Labute approximate surface area is 150 Å². The van der Waals surface area contributed by atoms with Gasteiger partial charge in [-0.3, -0.25) is 4.79 Å². The zero-order chi connectivity index (χ0) is 18.5. The Balaban J connectivity index is 1.91. The summed E-state index contributed by atoms with van der Waals surface area (Å²) < 4.78 is 10.7. The number of hydrogen-bond acceptors (Lipinski definition) is 5. The third-order valence-corrected chi connectivity index (χ3v) is 3.68. The van der Waals surface area contributed by atoms with Gasteiger partial charge in [0.1, 0.15) is 5.75 Å². The highest BCUT2D eigenvalue weighted by molar-refractivity contribution is 6.12. The van der Waals surface area contributed by atoms with E-state index in [1.165, 1.54) is 0 Å². The van der Waals surface area contributed by atoms with Crippen molar-refractivity contribution in [1.29, 1.82) is 0 Å². The first-order valence-corrected chi connectivity index (χ1v) is 8.12. The van der Waals surface area contributed by atoms with Crippen LogP contribution in [-0.4, -0.2) is 29.5 Å². The number of carboxylic acid groups (broad SMARTS) is 1. The standard InChI is InChI=1S/C20H17NO5/c1-2-25-17-11-13(8-9-15(17)12-18(22)23)10-16-20(24)26-19(21-16)14-6-4-3-5-7-14/h3-11H,2,12H2,1H3,(H,22,23)/b16-10-. The molecule has 1 N–H and O–H groups in total. The van der Waals surface area contributed by atoms with Crippen molar-refractivity contribution >= 4 is 23.9 Å². The van der Waals surface area contributed by atoms with Crippen LogP contribution in [0.25, 0.3) is 6.08 Å². The molecule has 0 saturated heterocycles. The van der Waals surface area contributed by atoms with Gasteiger partial charge in [-0.2, -0.15) is 0 Å². The second-order valence-electron chi connectivity index (χ2n) is 5.57. The van der Waals surface area contributed by atoms with Crippen molar-refractivity contribution in [3.8, 4) is 5.75 Å². The summed E-state index contributed by atoms with van der Waals surface area (Å²) >= 11 is 0. The first kappa shape index (κ1) is 17.4. The van der Waals surface area contributed by atoms with Gasteiger partial charge in [-0.15, -0.1) is 0 Å². The Morgan fingerprint density at radius 2 is 2.00 bits per heavy atom. The lowest BCUT2D eigenvalue weighted by Gasteiger charge is -2.09. The number of hydrogen-bond donors (Lipinski definition) is 1. The van der Waals surface area contributed by atoms with Gasteiger partial charge in [0.15, 0.2) is 5.70 Å². The van der Waals surface area contributed by atoms with E-state index in [4.69, 9.17) is 14.6 Å². The molecule has 2 aromatic rings. The molecule has 1 heterocycles. The van der Waals surface area contributed by atoms with Crippen molar-refractivity contribution in [2.24, 2.45) is 4.99 Å². The van der Waals surface area contributed by atoms with Gasteiger partial charge in [0, 0.05) is 11.1 Å². The summed E-state index contributed by atoms with van der Waals surface area (Å²) in [5, 5.41) is 8.98. The minimum Gasteiger partial charge on any atom is -0.494 e. The Hall–Kier alpha value is -3.41. The SMILES string of the molecule is CCOc1cc(/C=C2\N=C(c3ccccc3)OC2=O)ccc1CC(=O)O. The van der Waals surface area contributed by atoms with Crippen LogP contribution in [0.2, 0.25) is 0 Å². The maximum absolute atomic E-state index is 12.1. The molecule has 0 unspecified atom stereocenters. The zero-order valence-corrected chi connectivity index (χ0v) is 14.1. The number of carbonyl (C=O) groups excluding carboxylic acids is 1. The van der Waals surface area contributed by atoms with Gasteiger partial charge in [0.2, 0.25) is 5.90 Å². The van der Waals surface area contributed by atoms with Crippen LogP contribution in [0.4, 0.5) is 0 Å². The van der Waals surface area contributed by atoms with Gasteiger partial charge in [-0.1, -0.05) is 30.3 Å². The second-order valence-corrected chi connectivity index (χ2v) is 5.57. The normalized spacial score (nSPS) is 14.9.